The summed E-state index contributed by atoms with van der Waals surface area (Å²) < 4.78 is 0. The second-order valence-corrected chi connectivity index (χ2v) is 7.11. The van der Waals surface area contributed by atoms with Gasteiger partial charge in [-0.3, -0.25) is 0 Å². The second-order valence-electron chi connectivity index (χ2n) is 5.50. The van der Waals surface area contributed by atoms with Crippen molar-refractivity contribution < 1.29 is 0 Å². The molecule has 1 nitrogen and oxygen atoms in total. The molecule has 21 heavy (non-hydrogen) atoms. The molecule has 0 radical (unpaired) electrons. The molecule has 0 bridgehead atoms. The Labute approximate surface area is 137 Å². The number of benzene rings is 1. The molecule has 2 rings (SSSR count). The van der Waals surface area contributed by atoms with Gasteiger partial charge < -0.3 is 5.32 Å². The third kappa shape index (κ3) is 3.88. The number of rotatable bonds is 6. The Hall–Kier alpha value is -0.830. The molecule has 1 unspecified atom stereocenters. The van der Waals surface area contributed by atoms with E-state index in [2.05, 4.69) is 57.3 Å². The summed E-state index contributed by atoms with van der Waals surface area (Å²) in [7, 11) is 0. The van der Waals surface area contributed by atoms with Gasteiger partial charge in [-0.25, -0.2) is 0 Å². The molecule has 1 aromatic heterocycles. The van der Waals surface area contributed by atoms with Gasteiger partial charge in [0.05, 0.1) is 6.04 Å². The van der Waals surface area contributed by atoms with Crippen LogP contribution < -0.4 is 5.32 Å². The second kappa shape index (κ2) is 7.44. The molecule has 3 heteroatoms. The van der Waals surface area contributed by atoms with Gasteiger partial charge in [0.15, 0.2) is 0 Å². The van der Waals surface area contributed by atoms with E-state index in [-0.39, 0.29) is 6.04 Å². The quantitative estimate of drug-likeness (QED) is 0.722. The highest BCUT2D eigenvalue weighted by atomic mass is 35.5. The molecule has 0 aliphatic rings. The molecule has 0 aliphatic carbocycles. The summed E-state index contributed by atoms with van der Waals surface area (Å²) in [5, 5.41) is 4.51. The zero-order valence-electron chi connectivity index (χ0n) is 13.3. The Bertz CT molecular complexity index is 603. The van der Waals surface area contributed by atoms with Crippen LogP contribution in [-0.4, -0.2) is 6.54 Å². The summed E-state index contributed by atoms with van der Waals surface area (Å²) in [6.45, 7) is 9.65. The lowest BCUT2D eigenvalue weighted by molar-refractivity contribution is 0.605. The van der Waals surface area contributed by atoms with Crippen LogP contribution in [0.5, 0.6) is 0 Å². The highest BCUT2D eigenvalue weighted by molar-refractivity contribution is 7.12. The van der Waals surface area contributed by atoms with Gasteiger partial charge in [0.2, 0.25) is 0 Å². The van der Waals surface area contributed by atoms with Crippen LogP contribution in [-0.2, 0) is 6.42 Å². The normalized spacial score (nSPS) is 12.6. The first-order valence-electron chi connectivity index (χ1n) is 7.65. The molecule has 1 heterocycles. The lowest BCUT2D eigenvalue weighted by Gasteiger charge is -2.20. The lowest BCUT2D eigenvalue weighted by Crippen LogP contribution is -2.22. The number of aryl methyl sites for hydroxylation is 3. The number of hydrogen-bond donors (Lipinski definition) is 1. The van der Waals surface area contributed by atoms with Crippen LogP contribution >= 0.6 is 22.9 Å². The van der Waals surface area contributed by atoms with Crippen molar-refractivity contribution in [2.45, 2.75) is 46.6 Å². The summed E-state index contributed by atoms with van der Waals surface area (Å²) in [4.78, 5) is 2.78. The molecule has 0 fully saturated rings. The predicted molar refractivity (Wildman–Crippen MR) is 94.8 cm³/mol. The fraction of sp³-hybridized carbons (Fsp3) is 0.444. The minimum Gasteiger partial charge on any atom is -0.306 e. The van der Waals surface area contributed by atoms with E-state index < -0.39 is 0 Å². The molecule has 0 aliphatic heterocycles. The van der Waals surface area contributed by atoms with Gasteiger partial charge >= 0.3 is 0 Å². The molecular weight excluding hydrogens is 298 g/mol. The van der Waals surface area contributed by atoms with Gasteiger partial charge in [-0.05, 0) is 68.1 Å². The monoisotopic (exact) mass is 321 g/mol. The van der Waals surface area contributed by atoms with E-state index in [0.717, 1.165) is 24.4 Å². The van der Waals surface area contributed by atoms with Crippen LogP contribution in [0.4, 0.5) is 0 Å². The van der Waals surface area contributed by atoms with Crippen LogP contribution in [0.25, 0.3) is 0 Å². The Morgan fingerprint density at radius 3 is 2.48 bits per heavy atom. The molecule has 0 saturated carbocycles. The fourth-order valence-electron chi connectivity index (χ4n) is 2.42. The highest BCUT2D eigenvalue weighted by Gasteiger charge is 2.19. The maximum atomic E-state index is 6.53. The summed E-state index contributed by atoms with van der Waals surface area (Å²) >= 11 is 8.41. The lowest BCUT2D eigenvalue weighted by atomic mass is 9.99. The summed E-state index contributed by atoms with van der Waals surface area (Å²) in [6, 6.07) is 8.98. The average Bonchev–Trinajstić information content (AvgIpc) is 2.93. The first kappa shape index (κ1) is 16.5. The Balaban J connectivity index is 2.42. The van der Waals surface area contributed by atoms with E-state index >= 15 is 0 Å². The molecule has 1 atom stereocenters. The third-order valence-corrected chi connectivity index (χ3v) is 5.46. The van der Waals surface area contributed by atoms with Gasteiger partial charge in [0.1, 0.15) is 0 Å². The Morgan fingerprint density at radius 1 is 1.14 bits per heavy atom. The Morgan fingerprint density at radius 2 is 1.86 bits per heavy atom. The topological polar surface area (TPSA) is 12.0 Å². The van der Waals surface area contributed by atoms with Crippen molar-refractivity contribution in [2.75, 3.05) is 6.54 Å². The van der Waals surface area contributed by atoms with Gasteiger partial charge in [0.25, 0.3) is 0 Å². The zero-order chi connectivity index (χ0) is 15.4. The largest absolute Gasteiger partial charge is 0.306 e. The van der Waals surface area contributed by atoms with E-state index in [1.165, 1.54) is 26.4 Å². The Kier molecular flexibility index (Phi) is 5.86. The van der Waals surface area contributed by atoms with Crippen molar-refractivity contribution in [3.05, 3.63) is 55.7 Å². The SMILES string of the molecule is CCCNC(c1ccc(CC)s1)c1cc(C)c(C)cc1Cl. The van der Waals surface area contributed by atoms with E-state index in [4.69, 9.17) is 11.6 Å². The van der Waals surface area contributed by atoms with E-state index in [1.54, 1.807) is 0 Å². The summed E-state index contributed by atoms with van der Waals surface area (Å²) in [5.41, 5.74) is 3.74. The van der Waals surface area contributed by atoms with Gasteiger partial charge in [-0.1, -0.05) is 31.5 Å². The third-order valence-electron chi connectivity index (χ3n) is 3.84. The van der Waals surface area contributed by atoms with E-state index in [0.29, 0.717) is 0 Å². The zero-order valence-corrected chi connectivity index (χ0v) is 14.9. The van der Waals surface area contributed by atoms with Crippen molar-refractivity contribution in [1.82, 2.24) is 5.32 Å². The summed E-state index contributed by atoms with van der Waals surface area (Å²) in [5.74, 6) is 0. The van der Waals surface area contributed by atoms with Crippen LogP contribution in [0, 0.1) is 13.8 Å². The average molecular weight is 322 g/mol. The van der Waals surface area contributed by atoms with Crippen molar-refractivity contribution >= 4 is 22.9 Å². The molecule has 1 aromatic carbocycles. The van der Waals surface area contributed by atoms with E-state index in [1.807, 2.05) is 11.3 Å². The van der Waals surface area contributed by atoms with Gasteiger partial charge in [-0.15, -0.1) is 11.3 Å². The van der Waals surface area contributed by atoms with Crippen LogP contribution in [0.3, 0.4) is 0 Å². The maximum absolute atomic E-state index is 6.53. The van der Waals surface area contributed by atoms with Crippen molar-refractivity contribution in [2.24, 2.45) is 0 Å². The molecule has 0 saturated heterocycles. The standard InChI is InChI=1S/C18H24ClNS/c1-5-9-20-18(17-8-7-14(6-2)21-17)15-10-12(3)13(4)11-16(15)19/h7-8,10-11,18,20H,5-6,9H2,1-4H3. The first-order chi connectivity index (χ1) is 10.1. The van der Waals surface area contributed by atoms with Gasteiger partial charge in [0, 0.05) is 14.8 Å². The van der Waals surface area contributed by atoms with Crippen LogP contribution in [0.15, 0.2) is 24.3 Å². The van der Waals surface area contributed by atoms with E-state index in [9.17, 15) is 0 Å². The first-order valence-corrected chi connectivity index (χ1v) is 8.84. The van der Waals surface area contributed by atoms with Crippen molar-refractivity contribution in [1.29, 1.82) is 0 Å². The fourth-order valence-corrected chi connectivity index (χ4v) is 3.79. The smallest absolute Gasteiger partial charge is 0.0685 e. The van der Waals surface area contributed by atoms with Crippen molar-refractivity contribution in [3.8, 4) is 0 Å². The maximum Gasteiger partial charge on any atom is 0.0685 e. The van der Waals surface area contributed by atoms with Crippen molar-refractivity contribution in [3.63, 3.8) is 0 Å². The highest BCUT2D eigenvalue weighted by Crippen LogP contribution is 2.34. The molecule has 1 N–H and O–H groups in total. The number of nitrogens with one attached hydrogen (secondary N) is 1. The molecule has 114 valence electrons. The predicted octanol–water partition coefficient (Wildman–Crippen LogP) is 5.67. The minimum atomic E-state index is 0.196. The minimum absolute atomic E-state index is 0.196. The molecule has 0 spiro atoms. The summed E-state index contributed by atoms with van der Waals surface area (Å²) in [6.07, 6.45) is 2.21. The van der Waals surface area contributed by atoms with Crippen LogP contribution in [0.1, 0.15) is 52.8 Å². The number of halogens is 1. The number of hydrogen-bond acceptors (Lipinski definition) is 2. The molecule has 2 aromatic rings. The van der Waals surface area contributed by atoms with Crippen LogP contribution in [0.2, 0.25) is 5.02 Å². The molecule has 0 amide bonds. The molecular formula is C18H24ClNS. The number of thiophene rings is 1. The van der Waals surface area contributed by atoms with Gasteiger partial charge in [-0.2, -0.15) is 0 Å².